The number of anilines is 1. The zero-order valence-electron chi connectivity index (χ0n) is 16.0. The van der Waals surface area contributed by atoms with E-state index in [0.29, 0.717) is 12.2 Å². The van der Waals surface area contributed by atoms with Crippen molar-refractivity contribution in [3.63, 3.8) is 0 Å². The zero-order chi connectivity index (χ0) is 19.6. The van der Waals surface area contributed by atoms with Crippen molar-refractivity contribution in [1.29, 1.82) is 0 Å². The fraction of sp³-hybridized carbons (Fsp3) is 0.333. The van der Waals surface area contributed by atoms with Gasteiger partial charge in [0.1, 0.15) is 5.75 Å². The second-order valence-corrected chi connectivity index (χ2v) is 6.38. The van der Waals surface area contributed by atoms with Crippen molar-refractivity contribution in [2.24, 2.45) is 0 Å². The number of benzene rings is 2. The Labute approximate surface area is 160 Å². The van der Waals surface area contributed by atoms with Gasteiger partial charge in [-0.25, -0.2) is 4.79 Å². The van der Waals surface area contributed by atoms with Crippen molar-refractivity contribution < 1.29 is 14.3 Å². The summed E-state index contributed by atoms with van der Waals surface area (Å²) in [4.78, 5) is 23.2. The molecule has 6 nitrogen and oxygen atoms in total. The van der Waals surface area contributed by atoms with Gasteiger partial charge in [-0.15, -0.1) is 0 Å². The highest BCUT2D eigenvalue weighted by Gasteiger charge is 2.10. The molecule has 0 aliphatic rings. The number of amides is 3. The summed E-state index contributed by atoms with van der Waals surface area (Å²) in [6, 6.07) is 15.0. The lowest BCUT2D eigenvalue weighted by molar-refractivity contribution is -0.114. The standard InChI is InChI=1S/C21H27N3O3/c1-15(18-7-4-8-19(14-18)24-16(2)25)23-21(26)22-13-5-6-17-9-11-20(27-3)12-10-17/h4,7-12,14-15H,5-6,13H2,1-3H3,(H,24,25)(H2,22,23,26)/t15-/m0/s1. The van der Waals surface area contributed by atoms with E-state index in [4.69, 9.17) is 4.74 Å². The molecule has 3 N–H and O–H groups in total. The molecule has 2 rings (SSSR count). The number of hydrogen-bond acceptors (Lipinski definition) is 3. The van der Waals surface area contributed by atoms with Crippen LogP contribution in [0.1, 0.15) is 37.4 Å². The van der Waals surface area contributed by atoms with E-state index in [1.54, 1.807) is 7.11 Å². The minimum Gasteiger partial charge on any atom is -0.497 e. The third-order valence-electron chi connectivity index (χ3n) is 4.14. The largest absolute Gasteiger partial charge is 0.497 e. The van der Waals surface area contributed by atoms with Crippen LogP contribution in [0, 0.1) is 0 Å². The molecule has 0 bridgehead atoms. The molecule has 0 heterocycles. The van der Waals surface area contributed by atoms with Gasteiger partial charge in [-0.2, -0.15) is 0 Å². The van der Waals surface area contributed by atoms with Gasteiger partial charge in [0.15, 0.2) is 0 Å². The predicted octanol–water partition coefficient (Wildman–Crippen LogP) is 3.65. The van der Waals surface area contributed by atoms with Gasteiger partial charge in [-0.1, -0.05) is 24.3 Å². The van der Waals surface area contributed by atoms with E-state index in [9.17, 15) is 9.59 Å². The molecule has 2 aromatic carbocycles. The normalized spacial score (nSPS) is 11.4. The van der Waals surface area contributed by atoms with Crippen molar-refractivity contribution in [1.82, 2.24) is 10.6 Å². The molecule has 0 saturated heterocycles. The smallest absolute Gasteiger partial charge is 0.315 e. The average molecular weight is 369 g/mol. The SMILES string of the molecule is COc1ccc(CCCNC(=O)N[C@@H](C)c2cccc(NC(C)=O)c2)cc1. The first-order chi connectivity index (χ1) is 13.0. The van der Waals surface area contributed by atoms with E-state index in [2.05, 4.69) is 16.0 Å². The van der Waals surface area contributed by atoms with Gasteiger partial charge in [-0.05, 0) is 55.2 Å². The van der Waals surface area contributed by atoms with Gasteiger partial charge >= 0.3 is 6.03 Å². The van der Waals surface area contributed by atoms with Gasteiger partial charge in [0, 0.05) is 19.2 Å². The zero-order valence-corrected chi connectivity index (χ0v) is 16.0. The van der Waals surface area contributed by atoms with Crippen LogP contribution in [0.5, 0.6) is 5.75 Å². The van der Waals surface area contributed by atoms with Crippen LogP contribution < -0.4 is 20.7 Å². The van der Waals surface area contributed by atoms with Crippen molar-refractivity contribution >= 4 is 17.6 Å². The van der Waals surface area contributed by atoms with Crippen LogP contribution in [0.2, 0.25) is 0 Å². The van der Waals surface area contributed by atoms with Crippen LogP contribution in [0.25, 0.3) is 0 Å². The number of aryl methyl sites for hydroxylation is 1. The average Bonchev–Trinajstić information content (AvgIpc) is 2.65. The molecule has 0 saturated carbocycles. The summed E-state index contributed by atoms with van der Waals surface area (Å²) in [6.45, 7) is 3.97. The van der Waals surface area contributed by atoms with E-state index in [0.717, 1.165) is 24.2 Å². The number of carbonyl (C=O) groups excluding carboxylic acids is 2. The minimum atomic E-state index is -0.206. The molecule has 0 spiro atoms. The van der Waals surface area contributed by atoms with E-state index in [1.165, 1.54) is 12.5 Å². The third-order valence-corrected chi connectivity index (χ3v) is 4.14. The number of urea groups is 1. The maximum absolute atomic E-state index is 12.1. The predicted molar refractivity (Wildman–Crippen MR) is 107 cm³/mol. The molecule has 6 heteroatoms. The van der Waals surface area contributed by atoms with Crippen LogP contribution in [0.3, 0.4) is 0 Å². The van der Waals surface area contributed by atoms with Crippen molar-refractivity contribution in [2.75, 3.05) is 19.0 Å². The van der Waals surface area contributed by atoms with Crippen LogP contribution in [0.4, 0.5) is 10.5 Å². The summed E-state index contributed by atoms with van der Waals surface area (Å²) in [6.07, 6.45) is 1.74. The van der Waals surface area contributed by atoms with Gasteiger partial charge in [0.05, 0.1) is 13.2 Å². The summed E-state index contributed by atoms with van der Waals surface area (Å²) >= 11 is 0. The lowest BCUT2D eigenvalue weighted by Gasteiger charge is -2.16. The Morgan fingerprint density at radius 3 is 2.52 bits per heavy atom. The van der Waals surface area contributed by atoms with E-state index >= 15 is 0 Å². The highest BCUT2D eigenvalue weighted by atomic mass is 16.5. The molecule has 0 fully saturated rings. The molecule has 0 radical (unpaired) electrons. The first-order valence-corrected chi connectivity index (χ1v) is 9.03. The second kappa shape index (κ2) is 10.2. The number of methoxy groups -OCH3 is 1. The Morgan fingerprint density at radius 1 is 1.11 bits per heavy atom. The number of carbonyl (C=O) groups is 2. The fourth-order valence-electron chi connectivity index (χ4n) is 2.71. The van der Waals surface area contributed by atoms with Crippen LogP contribution in [0.15, 0.2) is 48.5 Å². The Kier molecular flexibility index (Phi) is 7.67. The number of ether oxygens (including phenoxy) is 1. The highest BCUT2D eigenvalue weighted by molar-refractivity contribution is 5.88. The summed E-state index contributed by atoms with van der Waals surface area (Å²) < 4.78 is 5.14. The van der Waals surface area contributed by atoms with Gasteiger partial charge in [0.2, 0.25) is 5.91 Å². The van der Waals surface area contributed by atoms with Gasteiger partial charge in [-0.3, -0.25) is 4.79 Å². The van der Waals surface area contributed by atoms with Crippen molar-refractivity contribution in [2.45, 2.75) is 32.7 Å². The summed E-state index contributed by atoms with van der Waals surface area (Å²) in [5.41, 5.74) is 2.85. The molecule has 144 valence electrons. The topological polar surface area (TPSA) is 79.5 Å². The van der Waals surface area contributed by atoms with E-state index in [1.807, 2.05) is 55.5 Å². The van der Waals surface area contributed by atoms with E-state index in [-0.39, 0.29) is 18.0 Å². The summed E-state index contributed by atoms with van der Waals surface area (Å²) in [5, 5.41) is 8.53. The van der Waals surface area contributed by atoms with E-state index < -0.39 is 0 Å². The maximum Gasteiger partial charge on any atom is 0.315 e. The molecule has 0 aliphatic carbocycles. The first-order valence-electron chi connectivity index (χ1n) is 9.03. The van der Waals surface area contributed by atoms with Crippen LogP contribution in [-0.2, 0) is 11.2 Å². The lowest BCUT2D eigenvalue weighted by Crippen LogP contribution is -2.37. The Balaban J connectivity index is 1.73. The molecule has 3 amide bonds. The van der Waals surface area contributed by atoms with Crippen LogP contribution in [-0.4, -0.2) is 25.6 Å². The Morgan fingerprint density at radius 2 is 1.85 bits per heavy atom. The Hall–Kier alpha value is -3.02. The molecule has 0 unspecified atom stereocenters. The van der Waals surface area contributed by atoms with Gasteiger partial charge < -0.3 is 20.7 Å². The third kappa shape index (κ3) is 7.01. The maximum atomic E-state index is 12.1. The molecule has 27 heavy (non-hydrogen) atoms. The first kappa shape index (κ1) is 20.3. The highest BCUT2D eigenvalue weighted by Crippen LogP contribution is 2.17. The molecule has 0 aliphatic heterocycles. The van der Waals surface area contributed by atoms with Crippen LogP contribution >= 0.6 is 0 Å². The minimum absolute atomic E-state index is 0.123. The molecular weight excluding hydrogens is 342 g/mol. The number of hydrogen-bond donors (Lipinski definition) is 3. The monoisotopic (exact) mass is 369 g/mol. The molecule has 1 atom stereocenters. The second-order valence-electron chi connectivity index (χ2n) is 6.38. The van der Waals surface area contributed by atoms with Crippen molar-refractivity contribution in [3.05, 3.63) is 59.7 Å². The quantitative estimate of drug-likeness (QED) is 0.622. The summed E-state index contributed by atoms with van der Waals surface area (Å²) in [7, 11) is 1.65. The molecular formula is C21H27N3O3. The Bertz CT molecular complexity index is 760. The number of nitrogens with one attached hydrogen (secondary N) is 3. The summed E-state index contributed by atoms with van der Waals surface area (Å²) in [5.74, 6) is 0.718. The van der Waals surface area contributed by atoms with Crippen molar-refractivity contribution in [3.8, 4) is 5.75 Å². The lowest BCUT2D eigenvalue weighted by atomic mass is 10.1. The molecule has 0 aromatic heterocycles. The molecule has 2 aromatic rings. The van der Waals surface area contributed by atoms with Gasteiger partial charge in [0.25, 0.3) is 0 Å². The fourth-order valence-corrected chi connectivity index (χ4v) is 2.71. The number of rotatable bonds is 8.